The van der Waals surface area contributed by atoms with Gasteiger partial charge in [0.2, 0.25) is 5.91 Å². The third-order valence-electron chi connectivity index (χ3n) is 6.34. The molecule has 0 aliphatic heterocycles. The average molecular weight is 401 g/mol. The SMILES string of the molecule is COc1ccc(-c2nnc(SCC(=O)NC(C)C3CC4CCC3C4)n2C)cc1. The number of benzene rings is 1. The van der Waals surface area contributed by atoms with Crippen LogP contribution in [0.3, 0.4) is 0 Å². The number of rotatable bonds is 7. The van der Waals surface area contributed by atoms with Crippen LogP contribution in [0, 0.1) is 17.8 Å². The van der Waals surface area contributed by atoms with Gasteiger partial charge >= 0.3 is 0 Å². The van der Waals surface area contributed by atoms with Gasteiger partial charge in [-0.05, 0) is 68.2 Å². The molecule has 6 nitrogen and oxygen atoms in total. The lowest BCUT2D eigenvalue weighted by Crippen LogP contribution is -2.40. The first-order valence-electron chi connectivity index (χ1n) is 10.0. The number of hydrogen-bond acceptors (Lipinski definition) is 5. The standard InChI is InChI=1S/C21H28N4O2S/c1-13(18-11-14-4-5-16(18)10-14)22-19(26)12-28-21-24-23-20(25(21)2)15-6-8-17(27-3)9-7-15/h6-9,13-14,16,18H,4-5,10-12H2,1-3H3,(H,22,26). The second-order valence-electron chi connectivity index (χ2n) is 8.08. The minimum Gasteiger partial charge on any atom is -0.497 e. The van der Waals surface area contributed by atoms with Gasteiger partial charge in [0.05, 0.1) is 12.9 Å². The molecule has 0 radical (unpaired) electrons. The third kappa shape index (κ3) is 3.90. The lowest BCUT2D eigenvalue weighted by Gasteiger charge is -2.28. The van der Waals surface area contributed by atoms with Crippen molar-refractivity contribution in [3.63, 3.8) is 0 Å². The fraction of sp³-hybridized carbons (Fsp3) is 0.571. The molecule has 2 saturated carbocycles. The highest BCUT2D eigenvalue weighted by Gasteiger charge is 2.42. The molecule has 2 fully saturated rings. The molecule has 2 aliphatic rings. The zero-order chi connectivity index (χ0) is 19.7. The summed E-state index contributed by atoms with van der Waals surface area (Å²) in [6.07, 6.45) is 5.39. The first-order chi connectivity index (χ1) is 13.5. The molecule has 1 heterocycles. The number of aromatic nitrogens is 3. The lowest BCUT2D eigenvalue weighted by atomic mass is 9.84. The Labute approximate surface area is 170 Å². The van der Waals surface area contributed by atoms with E-state index in [1.54, 1.807) is 7.11 Å². The number of carbonyl (C=O) groups is 1. The Kier molecular flexibility index (Phi) is 5.62. The fourth-order valence-corrected chi connectivity index (χ4v) is 5.59. The minimum absolute atomic E-state index is 0.0780. The summed E-state index contributed by atoms with van der Waals surface area (Å²) in [5.74, 6) is 4.40. The highest BCUT2D eigenvalue weighted by molar-refractivity contribution is 7.99. The van der Waals surface area contributed by atoms with Crippen molar-refractivity contribution in [1.82, 2.24) is 20.1 Å². The number of thioether (sulfide) groups is 1. The van der Waals surface area contributed by atoms with Crippen molar-refractivity contribution < 1.29 is 9.53 Å². The molecule has 0 spiro atoms. The molecule has 150 valence electrons. The van der Waals surface area contributed by atoms with E-state index in [4.69, 9.17) is 4.74 Å². The quantitative estimate of drug-likeness (QED) is 0.720. The van der Waals surface area contributed by atoms with Crippen LogP contribution in [0.15, 0.2) is 29.4 Å². The Hall–Kier alpha value is -2.02. The summed E-state index contributed by atoms with van der Waals surface area (Å²) in [5.41, 5.74) is 0.969. The van der Waals surface area contributed by atoms with Gasteiger partial charge in [0.1, 0.15) is 5.75 Å². The van der Waals surface area contributed by atoms with E-state index < -0.39 is 0 Å². The second-order valence-corrected chi connectivity index (χ2v) is 9.02. The summed E-state index contributed by atoms with van der Waals surface area (Å²) in [4.78, 5) is 12.4. The van der Waals surface area contributed by atoms with Crippen LogP contribution >= 0.6 is 11.8 Å². The largest absolute Gasteiger partial charge is 0.497 e. The van der Waals surface area contributed by atoms with Crippen LogP contribution in [0.4, 0.5) is 0 Å². The van der Waals surface area contributed by atoms with Crippen molar-refractivity contribution in [1.29, 1.82) is 0 Å². The maximum absolute atomic E-state index is 12.4. The number of carbonyl (C=O) groups excluding carboxylic acids is 1. The molecule has 28 heavy (non-hydrogen) atoms. The number of nitrogens with zero attached hydrogens (tertiary/aromatic N) is 3. The zero-order valence-corrected chi connectivity index (χ0v) is 17.5. The van der Waals surface area contributed by atoms with Gasteiger partial charge in [-0.1, -0.05) is 18.2 Å². The lowest BCUT2D eigenvalue weighted by molar-refractivity contribution is -0.119. The van der Waals surface area contributed by atoms with E-state index in [1.807, 2.05) is 35.9 Å². The minimum atomic E-state index is 0.0780. The van der Waals surface area contributed by atoms with Gasteiger partial charge in [0.15, 0.2) is 11.0 Å². The van der Waals surface area contributed by atoms with Crippen molar-refractivity contribution in [2.75, 3.05) is 12.9 Å². The van der Waals surface area contributed by atoms with Crippen LogP contribution in [0.1, 0.15) is 32.6 Å². The predicted molar refractivity (Wildman–Crippen MR) is 110 cm³/mol. The molecule has 4 rings (SSSR count). The number of hydrogen-bond donors (Lipinski definition) is 1. The van der Waals surface area contributed by atoms with Crippen LogP contribution in [-0.2, 0) is 11.8 Å². The number of methoxy groups -OCH3 is 1. The number of fused-ring (bicyclic) bond motifs is 2. The van der Waals surface area contributed by atoms with E-state index in [9.17, 15) is 4.79 Å². The molecule has 0 saturated heterocycles. The van der Waals surface area contributed by atoms with E-state index in [-0.39, 0.29) is 11.9 Å². The molecular formula is C21H28N4O2S. The van der Waals surface area contributed by atoms with E-state index in [1.165, 1.54) is 37.4 Å². The Morgan fingerprint density at radius 2 is 2.07 bits per heavy atom. The van der Waals surface area contributed by atoms with Gasteiger partial charge in [-0.3, -0.25) is 4.79 Å². The Morgan fingerprint density at radius 1 is 1.29 bits per heavy atom. The molecule has 1 N–H and O–H groups in total. The van der Waals surface area contributed by atoms with Gasteiger partial charge < -0.3 is 14.6 Å². The monoisotopic (exact) mass is 400 g/mol. The van der Waals surface area contributed by atoms with Gasteiger partial charge in [-0.25, -0.2) is 0 Å². The summed E-state index contributed by atoms with van der Waals surface area (Å²) in [6, 6.07) is 7.99. The van der Waals surface area contributed by atoms with E-state index in [0.717, 1.165) is 34.1 Å². The van der Waals surface area contributed by atoms with Crippen LogP contribution in [-0.4, -0.2) is 39.6 Å². The van der Waals surface area contributed by atoms with Crippen molar-refractivity contribution in [3.05, 3.63) is 24.3 Å². The van der Waals surface area contributed by atoms with Crippen molar-refractivity contribution >= 4 is 17.7 Å². The van der Waals surface area contributed by atoms with Crippen LogP contribution in [0.5, 0.6) is 5.75 Å². The molecule has 2 aliphatic carbocycles. The van der Waals surface area contributed by atoms with E-state index in [2.05, 4.69) is 22.4 Å². The van der Waals surface area contributed by atoms with Crippen LogP contribution in [0.25, 0.3) is 11.4 Å². The summed E-state index contributed by atoms with van der Waals surface area (Å²) in [6.45, 7) is 2.16. The van der Waals surface area contributed by atoms with Gasteiger partial charge in [-0.2, -0.15) is 0 Å². The highest BCUT2D eigenvalue weighted by atomic mass is 32.2. The summed E-state index contributed by atoms with van der Waals surface area (Å²) in [7, 11) is 3.58. The maximum atomic E-state index is 12.4. The second kappa shape index (κ2) is 8.15. The van der Waals surface area contributed by atoms with Crippen molar-refractivity contribution in [3.8, 4) is 17.1 Å². The molecule has 1 amide bonds. The number of ether oxygens (including phenoxy) is 1. The molecule has 4 unspecified atom stereocenters. The molecule has 2 aromatic rings. The number of nitrogens with one attached hydrogen (secondary N) is 1. The van der Waals surface area contributed by atoms with Crippen molar-refractivity contribution in [2.45, 2.75) is 43.8 Å². The van der Waals surface area contributed by atoms with Gasteiger partial charge in [-0.15, -0.1) is 10.2 Å². The first-order valence-corrected chi connectivity index (χ1v) is 11.0. The Bertz CT molecular complexity index is 835. The van der Waals surface area contributed by atoms with Crippen LogP contribution in [0.2, 0.25) is 0 Å². The first kappa shape index (κ1) is 19.3. The highest BCUT2D eigenvalue weighted by Crippen LogP contribution is 2.49. The Morgan fingerprint density at radius 3 is 2.71 bits per heavy atom. The summed E-state index contributed by atoms with van der Waals surface area (Å²) in [5, 5.41) is 12.5. The smallest absolute Gasteiger partial charge is 0.230 e. The normalized spacial score (nSPS) is 24.3. The maximum Gasteiger partial charge on any atom is 0.230 e. The van der Waals surface area contributed by atoms with Gasteiger partial charge in [0.25, 0.3) is 0 Å². The zero-order valence-electron chi connectivity index (χ0n) is 16.7. The number of amides is 1. The third-order valence-corrected chi connectivity index (χ3v) is 7.36. The fourth-order valence-electron chi connectivity index (χ4n) is 4.87. The Balaban J connectivity index is 1.32. The topological polar surface area (TPSA) is 69.0 Å². The molecule has 4 atom stereocenters. The molecular weight excluding hydrogens is 372 g/mol. The average Bonchev–Trinajstić information content (AvgIpc) is 3.42. The van der Waals surface area contributed by atoms with E-state index >= 15 is 0 Å². The summed E-state index contributed by atoms with van der Waals surface area (Å²) < 4.78 is 7.13. The molecule has 1 aromatic heterocycles. The summed E-state index contributed by atoms with van der Waals surface area (Å²) >= 11 is 1.43. The van der Waals surface area contributed by atoms with E-state index in [0.29, 0.717) is 11.7 Å². The molecule has 7 heteroatoms. The molecule has 1 aromatic carbocycles. The molecule has 2 bridgehead atoms. The van der Waals surface area contributed by atoms with Crippen LogP contribution < -0.4 is 10.1 Å². The predicted octanol–water partition coefficient (Wildman–Crippen LogP) is 3.52. The van der Waals surface area contributed by atoms with Crippen molar-refractivity contribution in [2.24, 2.45) is 24.8 Å². The van der Waals surface area contributed by atoms with Gasteiger partial charge in [0, 0.05) is 18.7 Å².